The number of para-hydroxylation sites is 1. The van der Waals surface area contributed by atoms with Crippen molar-refractivity contribution < 1.29 is 14.0 Å². The van der Waals surface area contributed by atoms with Crippen molar-refractivity contribution in [2.75, 3.05) is 11.4 Å². The maximum Gasteiger partial charge on any atom is 0.250 e. The number of piperazine rings is 1. The molecule has 0 aromatic heterocycles. The number of carbonyl (C=O) groups is 2. The van der Waals surface area contributed by atoms with E-state index in [-0.39, 0.29) is 23.4 Å². The van der Waals surface area contributed by atoms with Crippen LogP contribution in [0.1, 0.15) is 26.7 Å². The maximum atomic E-state index is 14.1. The summed E-state index contributed by atoms with van der Waals surface area (Å²) < 4.78 is 14.1. The lowest BCUT2D eigenvalue weighted by Crippen LogP contribution is -2.64. The molecule has 5 heteroatoms. The molecule has 1 aromatic rings. The van der Waals surface area contributed by atoms with Gasteiger partial charge in [-0.15, -0.1) is 0 Å². The van der Waals surface area contributed by atoms with Crippen molar-refractivity contribution in [3.63, 3.8) is 0 Å². The number of halogens is 1. The average Bonchev–Trinajstić information content (AvgIpc) is 2.93. The number of nitrogens with zero attached hydrogens (tertiary/aromatic N) is 2. The second-order valence-electron chi connectivity index (χ2n) is 6.04. The van der Waals surface area contributed by atoms with Crippen molar-refractivity contribution in [3.8, 4) is 0 Å². The Bertz CT molecular complexity index is 587. The van der Waals surface area contributed by atoms with Crippen LogP contribution >= 0.6 is 0 Å². The Morgan fingerprint density at radius 3 is 2.57 bits per heavy atom. The molecule has 2 unspecified atom stereocenters. The van der Waals surface area contributed by atoms with Crippen LogP contribution in [0.25, 0.3) is 0 Å². The van der Waals surface area contributed by atoms with E-state index in [1.807, 2.05) is 13.8 Å². The Morgan fingerprint density at radius 1 is 1.19 bits per heavy atom. The third-order valence-corrected chi connectivity index (χ3v) is 4.33. The van der Waals surface area contributed by atoms with Gasteiger partial charge in [0.2, 0.25) is 5.91 Å². The molecule has 2 atom stereocenters. The van der Waals surface area contributed by atoms with Crippen LogP contribution in [0.3, 0.4) is 0 Å². The summed E-state index contributed by atoms with van der Waals surface area (Å²) >= 11 is 0. The highest BCUT2D eigenvalue weighted by Crippen LogP contribution is 2.34. The Labute approximate surface area is 123 Å². The van der Waals surface area contributed by atoms with Crippen LogP contribution in [0.4, 0.5) is 10.1 Å². The third-order valence-electron chi connectivity index (χ3n) is 4.33. The molecular weight excluding hydrogens is 271 g/mol. The highest BCUT2D eigenvalue weighted by molar-refractivity contribution is 6.08. The van der Waals surface area contributed by atoms with Crippen molar-refractivity contribution in [3.05, 3.63) is 30.1 Å². The van der Waals surface area contributed by atoms with Gasteiger partial charge in [-0.25, -0.2) is 4.39 Å². The van der Waals surface area contributed by atoms with Crippen molar-refractivity contribution in [2.45, 2.75) is 38.8 Å². The summed E-state index contributed by atoms with van der Waals surface area (Å²) in [6.45, 7) is 4.41. The molecule has 0 bridgehead atoms. The SMILES string of the molecule is CC(C)C1C(=O)N2CCCC2C(=O)N1c1ccccc1F. The summed E-state index contributed by atoms with van der Waals surface area (Å²) in [5.41, 5.74) is 0.209. The average molecular weight is 290 g/mol. The summed E-state index contributed by atoms with van der Waals surface area (Å²) in [4.78, 5) is 28.5. The van der Waals surface area contributed by atoms with Crippen molar-refractivity contribution in [1.29, 1.82) is 0 Å². The predicted octanol–water partition coefficient (Wildman–Crippen LogP) is 2.19. The van der Waals surface area contributed by atoms with E-state index in [0.29, 0.717) is 13.0 Å². The predicted molar refractivity (Wildman–Crippen MR) is 77.2 cm³/mol. The lowest BCUT2D eigenvalue weighted by atomic mass is 9.95. The van der Waals surface area contributed by atoms with Gasteiger partial charge in [0.25, 0.3) is 5.91 Å². The number of hydrogen-bond acceptors (Lipinski definition) is 2. The lowest BCUT2D eigenvalue weighted by Gasteiger charge is -2.43. The van der Waals surface area contributed by atoms with Gasteiger partial charge in [0.15, 0.2) is 0 Å². The Kier molecular flexibility index (Phi) is 3.43. The minimum absolute atomic E-state index is 0.0599. The van der Waals surface area contributed by atoms with Gasteiger partial charge in [0.1, 0.15) is 17.9 Å². The molecule has 0 spiro atoms. The molecule has 2 heterocycles. The summed E-state index contributed by atoms with van der Waals surface area (Å²) in [6, 6.07) is 5.12. The Balaban J connectivity index is 2.09. The van der Waals surface area contributed by atoms with E-state index in [1.54, 1.807) is 23.1 Å². The van der Waals surface area contributed by atoms with Gasteiger partial charge in [0, 0.05) is 6.54 Å². The molecule has 2 saturated heterocycles. The van der Waals surface area contributed by atoms with E-state index < -0.39 is 17.9 Å². The van der Waals surface area contributed by atoms with Crippen LogP contribution in [0.5, 0.6) is 0 Å². The second-order valence-corrected chi connectivity index (χ2v) is 6.04. The van der Waals surface area contributed by atoms with Crippen molar-refractivity contribution >= 4 is 17.5 Å². The number of fused-ring (bicyclic) bond motifs is 1. The topological polar surface area (TPSA) is 40.6 Å². The van der Waals surface area contributed by atoms with Crippen LogP contribution in [0.2, 0.25) is 0 Å². The van der Waals surface area contributed by atoms with Crippen LogP contribution in [-0.4, -0.2) is 35.3 Å². The van der Waals surface area contributed by atoms with Gasteiger partial charge in [-0.2, -0.15) is 0 Å². The maximum absolute atomic E-state index is 14.1. The minimum atomic E-state index is -0.622. The first kappa shape index (κ1) is 14.0. The molecule has 0 radical (unpaired) electrons. The van der Waals surface area contributed by atoms with Gasteiger partial charge >= 0.3 is 0 Å². The molecule has 2 aliphatic rings. The standard InChI is InChI=1S/C16H19FN2O2/c1-10(2)14-16(21)18-9-5-8-13(18)15(20)19(14)12-7-4-3-6-11(12)17/h3-4,6-7,10,13-14H,5,8-9H2,1-2H3. The van der Waals surface area contributed by atoms with E-state index in [1.165, 1.54) is 11.0 Å². The summed E-state index contributed by atoms with van der Waals surface area (Å²) in [6.07, 6.45) is 1.50. The largest absolute Gasteiger partial charge is 0.329 e. The van der Waals surface area contributed by atoms with Crippen LogP contribution in [0.15, 0.2) is 24.3 Å². The zero-order chi connectivity index (χ0) is 15.1. The minimum Gasteiger partial charge on any atom is -0.329 e. The fourth-order valence-corrected chi connectivity index (χ4v) is 3.36. The molecule has 112 valence electrons. The first-order valence-electron chi connectivity index (χ1n) is 7.40. The van der Waals surface area contributed by atoms with Crippen molar-refractivity contribution in [2.24, 2.45) is 5.92 Å². The first-order valence-corrected chi connectivity index (χ1v) is 7.40. The molecule has 2 fully saturated rings. The van der Waals surface area contributed by atoms with Gasteiger partial charge < -0.3 is 4.90 Å². The van der Waals surface area contributed by atoms with E-state index in [9.17, 15) is 14.0 Å². The smallest absolute Gasteiger partial charge is 0.250 e. The Morgan fingerprint density at radius 2 is 1.90 bits per heavy atom. The van der Waals surface area contributed by atoms with Gasteiger partial charge in [-0.05, 0) is 30.9 Å². The summed E-state index contributed by atoms with van der Waals surface area (Å²) in [7, 11) is 0. The zero-order valence-corrected chi connectivity index (χ0v) is 12.3. The molecule has 3 rings (SSSR count). The highest BCUT2D eigenvalue weighted by Gasteiger charge is 2.49. The van der Waals surface area contributed by atoms with E-state index in [4.69, 9.17) is 0 Å². The normalized spacial score (nSPS) is 25.7. The molecule has 0 saturated carbocycles. The number of benzene rings is 1. The fraction of sp³-hybridized carbons (Fsp3) is 0.500. The second kappa shape index (κ2) is 5.13. The molecule has 21 heavy (non-hydrogen) atoms. The first-order chi connectivity index (χ1) is 10.0. The third kappa shape index (κ3) is 2.11. The molecule has 4 nitrogen and oxygen atoms in total. The van der Waals surface area contributed by atoms with Gasteiger partial charge in [-0.3, -0.25) is 14.5 Å². The van der Waals surface area contributed by atoms with Crippen LogP contribution < -0.4 is 4.90 Å². The molecular formula is C16H19FN2O2. The number of hydrogen-bond donors (Lipinski definition) is 0. The van der Waals surface area contributed by atoms with E-state index in [2.05, 4.69) is 0 Å². The number of rotatable bonds is 2. The number of carbonyl (C=O) groups excluding carboxylic acids is 2. The van der Waals surface area contributed by atoms with E-state index in [0.717, 1.165) is 6.42 Å². The number of amides is 2. The molecule has 0 aliphatic carbocycles. The van der Waals surface area contributed by atoms with Crippen molar-refractivity contribution in [1.82, 2.24) is 4.90 Å². The highest BCUT2D eigenvalue weighted by atomic mass is 19.1. The summed E-state index contributed by atoms with van der Waals surface area (Å²) in [5, 5.41) is 0. The lowest BCUT2D eigenvalue weighted by molar-refractivity contribution is -0.145. The summed E-state index contributed by atoms with van der Waals surface area (Å²) in [5.74, 6) is -0.746. The molecule has 0 N–H and O–H groups in total. The van der Waals surface area contributed by atoms with Crippen LogP contribution in [-0.2, 0) is 9.59 Å². The molecule has 2 amide bonds. The quantitative estimate of drug-likeness (QED) is 0.837. The zero-order valence-electron chi connectivity index (χ0n) is 12.3. The number of anilines is 1. The monoisotopic (exact) mass is 290 g/mol. The molecule has 2 aliphatic heterocycles. The van der Waals surface area contributed by atoms with E-state index >= 15 is 0 Å². The fourth-order valence-electron chi connectivity index (χ4n) is 3.36. The van der Waals surface area contributed by atoms with Gasteiger partial charge in [-0.1, -0.05) is 26.0 Å². The molecule has 1 aromatic carbocycles. The van der Waals surface area contributed by atoms with Crippen LogP contribution in [0, 0.1) is 11.7 Å². The van der Waals surface area contributed by atoms with Gasteiger partial charge in [0.05, 0.1) is 5.69 Å². The Hall–Kier alpha value is -1.91.